The minimum absolute atomic E-state index is 0.0292. The summed E-state index contributed by atoms with van der Waals surface area (Å²) in [4.78, 5) is 38.5. The summed E-state index contributed by atoms with van der Waals surface area (Å²) in [6.07, 6.45) is 0. The second kappa shape index (κ2) is 10.1. The number of anilines is 1. The van der Waals surface area contributed by atoms with E-state index in [0.717, 1.165) is 10.4 Å². The van der Waals surface area contributed by atoms with Crippen molar-refractivity contribution in [3.8, 4) is 16.9 Å². The van der Waals surface area contributed by atoms with Gasteiger partial charge in [-0.2, -0.15) is 0 Å². The SMILES string of the molecule is CCN(CC)C(=O)COc1ccc(-c2c(C)sc(NC(C)=O)c2C(=O)OC)cc1. The lowest BCUT2D eigenvalue weighted by Crippen LogP contribution is -2.34. The summed E-state index contributed by atoms with van der Waals surface area (Å²) < 4.78 is 10.5. The molecule has 0 fully saturated rings. The maximum absolute atomic E-state index is 12.4. The fourth-order valence-electron chi connectivity index (χ4n) is 2.97. The van der Waals surface area contributed by atoms with Crippen LogP contribution in [0.3, 0.4) is 0 Å². The van der Waals surface area contributed by atoms with Gasteiger partial charge in [0, 0.05) is 30.5 Å². The van der Waals surface area contributed by atoms with Crippen molar-refractivity contribution in [2.45, 2.75) is 27.7 Å². The highest BCUT2D eigenvalue weighted by Crippen LogP contribution is 2.40. The van der Waals surface area contributed by atoms with Crippen LogP contribution >= 0.6 is 11.3 Å². The van der Waals surface area contributed by atoms with Crippen molar-refractivity contribution in [2.24, 2.45) is 0 Å². The van der Waals surface area contributed by atoms with Gasteiger partial charge in [0.05, 0.1) is 7.11 Å². The molecule has 8 heteroatoms. The first-order valence-corrected chi connectivity index (χ1v) is 10.1. The predicted molar refractivity (Wildman–Crippen MR) is 114 cm³/mol. The molecule has 0 aliphatic carbocycles. The third kappa shape index (κ3) is 5.35. The highest BCUT2D eigenvalue weighted by Gasteiger charge is 2.24. The lowest BCUT2D eigenvalue weighted by Gasteiger charge is -2.18. The van der Waals surface area contributed by atoms with E-state index in [4.69, 9.17) is 9.47 Å². The van der Waals surface area contributed by atoms with Gasteiger partial charge in [0.1, 0.15) is 16.3 Å². The van der Waals surface area contributed by atoms with Crippen LogP contribution in [0.15, 0.2) is 24.3 Å². The molecule has 2 rings (SSSR count). The fourth-order valence-corrected chi connectivity index (χ4v) is 4.08. The first kappa shape index (κ1) is 22.4. The summed E-state index contributed by atoms with van der Waals surface area (Å²) in [6.45, 7) is 8.37. The molecule has 1 aromatic carbocycles. The number of rotatable bonds is 8. The van der Waals surface area contributed by atoms with Crippen LogP contribution in [0.4, 0.5) is 5.00 Å². The Morgan fingerprint density at radius 3 is 2.24 bits per heavy atom. The van der Waals surface area contributed by atoms with E-state index in [1.165, 1.54) is 25.4 Å². The number of methoxy groups -OCH3 is 1. The Morgan fingerprint density at radius 1 is 1.10 bits per heavy atom. The highest BCUT2D eigenvalue weighted by molar-refractivity contribution is 7.17. The van der Waals surface area contributed by atoms with Crippen LogP contribution in [-0.2, 0) is 14.3 Å². The minimum atomic E-state index is -0.516. The van der Waals surface area contributed by atoms with E-state index in [1.807, 2.05) is 32.9 Å². The van der Waals surface area contributed by atoms with Crippen molar-refractivity contribution >= 4 is 34.1 Å². The first-order valence-electron chi connectivity index (χ1n) is 9.32. The molecule has 0 bridgehead atoms. The average molecular weight is 419 g/mol. The lowest BCUT2D eigenvalue weighted by molar-refractivity contribution is -0.133. The maximum Gasteiger partial charge on any atom is 0.341 e. The molecule has 156 valence electrons. The number of thiophene rings is 1. The second-order valence-corrected chi connectivity index (χ2v) is 7.51. The van der Waals surface area contributed by atoms with Gasteiger partial charge in [-0.25, -0.2) is 4.79 Å². The molecular formula is C21H26N2O5S. The molecule has 2 amide bonds. The van der Waals surface area contributed by atoms with Gasteiger partial charge in [-0.05, 0) is 38.5 Å². The molecule has 0 saturated carbocycles. The standard InChI is InChI=1S/C21H26N2O5S/c1-6-23(7-2)17(25)12-28-16-10-8-15(9-11-16)18-13(3)29-20(22-14(4)24)19(18)21(26)27-5/h8-11H,6-7,12H2,1-5H3,(H,22,24). The Labute approximate surface area is 174 Å². The van der Waals surface area contributed by atoms with Gasteiger partial charge in [-0.3, -0.25) is 9.59 Å². The summed E-state index contributed by atoms with van der Waals surface area (Å²) in [7, 11) is 1.31. The summed E-state index contributed by atoms with van der Waals surface area (Å²) >= 11 is 1.32. The van der Waals surface area contributed by atoms with Crippen LogP contribution in [0, 0.1) is 6.92 Å². The summed E-state index contributed by atoms with van der Waals surface area (Å²) in [5, 5.41) is 3.16. The zero-order chi connectivity index (χ0) is 21.6. The second-order valence-electron chi connectivity index (χ2n) is 6.29. The number of benzene rings is 1. The Balaban J connectivity index is 2.27. The number of aryl methyl sites for hydroxylation is 1. The number of carbonyl (C=O) groups is 3. The van der Waals surface area contributed by atoms with Crippen molar-refractivity contribution in [1.29, 1.82) is 0 Å². The van der Waals surface area contributed by atoms with Crippen LogP contribution in [-0.4, -0.2) is 49.5 Å². The van der Waals surface area contributed by atoms with Crippen molar-refractivity contribution in [3.63, 3.8) is 0 Å². The Kier molecular flexibility index (Phi) is 7.78. The minimum Gasteiger partial charge on any atom is -0.484 e. The number of likely N-dealkylation sites (N-methyl/N-ethyl adjacent to an activating group) is 1. The quantitative estimate of drug-likeness (QED) is 0.661. The molecule has 1 heterocycles. The molecular weight excluding hydrogens is 392 g/mol. The molecule has 29 heavy (non-hydrogen) atoms. The zero-order valence-electron chi connectivity index (χ0n) is 17.3. The number of hydrogen-bond donors (Lipinski definition) is 1. The third-order valence-electron chi connectivity index (χ3n) is 4.38. The molecule has 2 aromatic rings. The lowest BCUT2D eigenvalue weighted by atomic mass is 10.0. The van der Waals surface area contributed by atoms with Gasteiger partial charge in [0.15, 0.2) is 6.61 Å². The van der Waals surface area contributed by atoms with Crippen LogP contribution < -0.4 is 10.1 Å². The largest absolute Gasteiger partial charge is 0.484 e. The van der Waals surface area contributed by atoms with Gasteiger partial charge in [0.2, 0.25) is 5.91 Å². The molecule has 7 nitrogen and oxygen atoms in total. The van der Waals surface area contributed by atoms with E-state index in [-0.39, 0.29) is 18.4 Å². The van der Waals surface area contributed by atoms with E-state index >= 15 is 0 Å². The van der Waals surface area contributed by atoms with Crippen molar-refractivity contribution in [3.05, 3.63) is 34.7 Å². The summed E-state index contributed by atoms with van der Waals surface area (Å²) in [5.74, 6) is -0.285. The van der Waals surface area contributed by atoms with Gasteiger partial charge < -0.3 is 19.7 Å². The van der Waals surface area contributed by atoms with E-state index in [9.17, 15) is 14.4 Å². The number of hydrogen-bond acceptors (Lipinski definition) is 6. The summed E-state index contributed by atoms with van der Waals surface area (Å²) in [5.41, 5.74) is 1.82. The molecule has 0 atom stereocenters. The van der Waals surface area contributed by atoms with Gasteiger partial charge in [-0.1, -0.05) is 12.1 Å². The number of ether oxygens (including phenoxy) is 2. The monoisotopic (exact) mass is 418 g/mol. The van der Waals surface area contributed by atoms with Crippen molar-refractivity contribution in [2.75, 3.05) is 32.1 Å². The highest BCUT2D eigenvalue weighted by atomic mass is 32.1. The van der Waals surface area contributed by atoms with E-state index in [2.05, 4.69) is 5.32 Å². The molecule has 0 spiro atoms. The molecule has 0 aliphatic heterocycles. The van der Waals surface area contributed by atoms with E-state index < -0.39 is 5.97 Å². The summed E-state index contributed by atoms with van der Waals surface area (Å²) in [6, 6.07) is 7.13. The maximum atomic E-state index is 12.4. The van der Waals surface area contributed by atoms with Gasteiger partial charge in [-0.15, -0.1) is 11.3 Å². The molecule has 0 saturated heterocycles. The first-order chi connectivity index (χ1) is 13.8. The predicted octanol–water partition coefficient (Wildman–Crippen LogP) is 3.72. The van der Waals surface area contributed by atoms with Crippen molar-refractivity contribution in [1.82, 2.24) is 4.90 Å². The van der Waals surface area contributed by atoms with Crippen LogP contribution in [0.5, 0.6) is 5.75 Å². The smallest absolute Gasteiger partial charge is 0.341 e. The van der Waals surface area contributed by atoms with Gasteiger partial charge >= 0.3 is 5.97 Å². The molecule has 1 aromatic heterocycles. The number of nitrogens with one attached hydrogen (secondary N) is 1. The van der Waals surface area contributed by atoms with Crippen molar-refractivity contribution < 1.29 is 23.9 Å². The average Bonchev–Trinajstić information content (AvgIpc) is 3.02. The third-order valence-corrected chi connectivity index (χ3v) is 5.41. The topological polar surface area (TPSA) is 84.9 Å². The van der Waals surface area contributed by atoms with Crippen LogP contribution in [0.2, 0.25) is 0 Å². The molecule has 0 unspecified atom stereocenters. The molecule has 0 radical (unpaired) electrons. The zero-order valence-corrected chi connectivity index (χ0v) is 18.1. The molecule has 1 N–H and O–H groups in total. The Hall–Kier alpha value is -2.87. The Bertz CT molecular complexity index is 885. The number of carbonyl (C=O) groups excluding carboxylic acids is 3. The van der Waals surface area contributed by atoms with Crippen LogP contribution in [0.25, 0.3) is 11.1 Å². The number of esters is 1. The van der Waals surface area contributed by atoms with E-state index in [1.54, 1.807) is 17.0 Å². The fraction of sp³-hybridized carbons (Fsp3) is 0.381. The van der Waals surface area contributed by atoms with Gasteiger partial charge in [0.25, 0.3) is 5.91 Å². The number of nitrogens with zero attached hydrogens (tertiary/aromatic N) is 1. The molecule has 0 aliphatic rings. The van der Waals surface area contributed by atoms with Crippen LogP contribution in [0.1, 0.15) is 36.0 Å². The number of amides is 2. The van der Waals surface area contributed by atoms with E-state index in [0.29, 0.717) is 35.0 Å². The normalized spacial score (nSPS) is 10.4. The Morgan fingerprint density at radius 2 is 1.72 bits per heavy atom.